The van der Waals surface area contributed by atoms with E-state index in [9.17, 15) is 9.90 Å². The molecule has 1 heterocycles. The quantitative estimate of drug-likeness (QED) is 0.910. The van der Waals surface area contributed by atoms with Crippen molar-refractivity contribution in [3.05, 3.63) is 35.4 Å². The van der Waals surface area contributed by atoms with E-state index >= 15 is 0 Å². The molecule has 1 atom stereocenters. The van der Waals surface area contributed by atoms with Gasteiger partial charge >= 0.3 is 6.09 Å². The minimum atomic E-state index is -0.498. The topological polar surface area (TPSA) is 59.0 Å². The third kappa shape index (κ3) is 4.44. The van der Waals surface area contributed by atoms with E-state index in [-0.39, 0.29) is 18.8 Å². The lowest BCUT2D eigenvalue weighted by Gasteiger charge is -2.34. The predicted octanol–water partition coefficient (Wildman–Crippen LogP) is 2.49. The summed E-state index contributed by atoms with van der Waals surface area (Å²) < 4.78 is 11.1. The maximum absolute atomic E-state index is 12.1. The van der Waals surface area contributed by atoms with E-state index in [0.29, 0.717) is 19.7 Å². The Labute approximate surface area is 125 Å². The molecule has 1 amide bonds. The summed E-state index contributed by atoms with van der Waals surface area (Å²) in [6, 6.07) is 7.60. The van der Waals surface area contributed by atoms with Crippen LogP contribution < -0.4 is 0 Å². The van der Waals surface area contributed by atoms with E-state index < -0.39 is 5.60 Å². The molecule has 1 aromatic rings. The van der Waals surface area contributed by atoms with Crippen LogP contribution in [0.15, 0.2) is 24.3 Å². The molecule has 0 saturated carbocycles. The molecule has 1 unspecified atom stereocenters. The van der Waals surface area contributed by atoms with Gasteiger partial charge in [0.25, 0.3) is 0 Å². The first-order valence-electron chi connectivity index (χ1n) is 7.18. The molecule has 116 valence electrons. The molecule has 0 aromatic heterocycles. The molecule has 0 aliphatic carbocycles. The Morgan fingerprint density at radius 2 is 2.24 bits per heavy atom. The Hall–Kier alpha value is -1.59. The summed E-state index contributed by atoms with van der Waals surface area (Å²) in [4.78, 5) is 13.8. The molecule has 0 spiro atoms. The third-order valence-corrected chi connectivity index (χ3v) is 3.22. The van der Waals surface area contributed by atoms with Crippen LogP contribution in [0.3, 0.4) is 0 Å². The molecule has 1 N–H and O–H groups in total. The van der Waals surface area contributed by atoms with Crippen LogP contribution >= 0.6 is 0 Å². The minimum Gasteiger partial charge on any atom is -0.444 e. The Balaban J connectivity index is 2.04. The van der Waals surface area contributed by atoms with Crippen molar-refractivity contribution in [1.82, 2.24) is 4.90 Å². The van der Waals surface area contributed by atoms with Crippen molar-refractivity contribution < 1.29 is 19.4 Å². The number of morpholine rings is 1. The second-order valence-electron chi connectivity index (χ2n) is 6.19. The van der Waals surface area contributed by atoms with Crippen molar-refractivity contribution in [2.75, 3.05) is 19.7 Å². The van der Waals surface area contributed by atoms with Crippen LogP contribution in [0.25, 0.3) is 0 Å². The molecular formula is C16H23NO4. The summed E-state index contributed by atoms with van der Waals surface area (Å²) in [6.45, 7) is 7.03. The molecule has 1 saturated heterocycles. The number of hydrogen-bond acceptors (Lipinski definition) is 4. The SMILES string of the molecule is CC(C)(C)OC(=O)N1CCOC(c2cccc(CO)c2)C1. The van der Waals surface area contributed by atoms with Crippen LogP contribution in [0.4, 0.5) is 4.79 Å². The Morgan fingerprint density at radius 3 is 2.90 bits per heavy atom. The molecular weight excluding hydrogens is 270 g/mol. The zero-order chi connectivity index (χ0) is 15.5. The highest BCUT2D eigenvalue weighted by Crippen LogP contribution is 2.24. The molecule has 21 heavy (non-hydrogen) atoms. The Bertz CT molecular complexity index is 495. The van der Waals surface area contributed by atoms with E-state index in [0.717, 1.165) is 11.1 Å². The van der Waals surface area contributed by atoms with Crippen LogP contribution in [-0.2, 0) is 16.1 Å². The normalized spacial score (nSPS) is 19.4. The van der Waals surface area contributed by atoms with Gasteiger partial charge in [0.2, 0.25) is 0 Å². The van der Waals surface area contributed by atoms with E-state index in [2.05, 4.69) is 0 Å². The first-order valence-corrected chi connectivity index (χ1v) is 7.18. The van der Waals surface area contributed by atoms with E-state index in [1.165, 1.54) is 0 Å². The first-order chi connectivity index (χ1) is 9.89. The zero-order valence-corrected chi connectivity index (χ0v) is 12.8. The van der Waals surface area contributed by atoms with Gasteiger partial charge in [-0.25, -0.2) is 4.79 Å². The number of hydrogen-bond donors (Lipinski definition) is 1. The van der Waals surface area contributed by atoms with Crippen molar-refractivity contribution in [2.45, 2.75) is 39.1 Å². The molecule has 1 aromatic carbocycles. The third-order valence-electron chi connectivity index (χ3n) is 3.22. The van der Waals surface area contributed by atoms with Crippen molar-refractivity contribution in [3.8, 4) is 0 Å². The highest BCUT2D eigenvalue weighted by Gasteiger charge is 2.28. The van der Waals surface area contributed by atoms with Crippen molar-refractivity contribution >= 4 is 6.09 Å². The van der Waals surface area contributed by atoms with Gasteiger partial charge in [-0.1, -0.05) is 24.3 Å². The molecule has 2 rings (SSSR count). The molecule has 0 bridgehead atoms. The minimum absolute atomic E-state index is 0.00363. The molecule has 0 radical (unpaired) electrons. The number of ether oxygens (including phenoxy) is 2. The summed E-state index contributed by atoms with van der Waals surface area (Å²) in [7, 11) is 0. The molecule has 5 nitrogen and oxygen atoms in total. The standard InChI is InChI=1S/C16H23NO4/c1-16(2,3)21-15(19)17-7-8-20-14(10-17)13-6-4-5-12(9-13)11-18/h4-6,9,14,18H,7-8,10-11H2,1-3H3. The molecule has 5 heteroatoms. The average Bonchev–Trinajstić information content (AvgIpc) is 2.46. The summed E-state index contributed by atoms with van der Waals surface area (Å²) in [6.07, 6.45) is -0.494. The van der Waals surface area contributed by atoms with Crippen molar-refractivity contribution in [2.24, 2.45) is 0 Å². The van der Waals surface area contributed by atoms with Crippen LogP contribution in [0.2, 0.25) is 0 Å². The number of carbonyl (C=O) groups excluding carboxylic acids is 1. The van der Waals surface area contributed by atoms with Gasteiger partial charge in [-0.3, -0.25) is 0 Å². The largest absolute Gasteiger partial charge is 0.444 e. The maximum Gasteiger partial charge on any atom is 0.410 e. The van der Waals surface area contributed by atoms with Crippen LogP contribution in [0, 0.1) is 0 Å². The predicted molar refractivity (Wildman–Crippen MR) is 78.9 cm³/mol. The smallest absolute Gasteiger partial charge is 0.410 e. The zero-order valence-electron chi connectivity index (χ0n) is 12.8. The monoisotopic (exact) mass is 293 g/mol. The van der Waals surface area contributed by atoms with Gasteiger partial charge in [0.15, 0.2) is 0 Å². The molecule has 1 fully saturated rings. The maximum atomic E-state index is 12.1. The number of benzene rings is 1. The molecule has 1 aliphatic rings. The number of amides is 1. The van der Waals surface area contributed by atoms with Gasteiger partial charge in [-0.05, 0) is 31.9 Å². The van der Waals surface area contributed by atoms with Gasteiger partial charge in [-0.2, -0.15) is 0 Å². The lowest BCUT2D eigenvalue weighted by atomic mass is 10.0. The van der Waals surface area contributed by atoms with Crippen LogP contribution in [0.1, 0.15) is 38.0 Å². The van der Waals surface area contributed by atoms with Gasteiger partial charge in [-0.15, -0.1) is 0 Å². The Kier molecular flexibility index (Phi) is 4.85. The summed E-state index contributed by atoms with van der Waals surface area (Å²) in [5, 5.41) is 9.20. The average molecular weight is 293 g/mol. The fourth-order valence-electron chi connectivity index (χ4n) is 2.23. The number of nitrogens with zero attached hydrogens (tertiary/aromatic N) is 1. The number of aliphatic hydroxyl groups is 1. The second-order valence-corrected chi connectivity index (χ2v) is 6.19. The van der Waals surface area contributed by atoms with Gasteiger partial charge in [0.05, 0.1) is 19.8 Å². The fraction of sp³-hybridized carbons (Fsp3) is 0.562. The van der Waals surface area contributed by atoms with Gasteiger partial charge < -0.3 is 19.5 Å². The van der Waals surface area contributed by atoms with Crippen molar-refractivity contribution in [3.63, 3.8) is 0 Å². The van der Waals surface area contributed by atoms with E-state index in [1.54, 1.807) is 4.90 Å². The number of rotatable bonds is 2. The van der Waals surface area contributed by atoms with Crippen LogP contribution in [0.5, 0.6) is 0 Å². The lowest BCUT2D eigenvalue weighted by molar-refractivity contribution is -0.0433. The lowest BCUT2D eigenvalue weighted by Crippen LogP contribution is -2.44. The summed E-state index contributed by atoms with van der Waals surface area (Å²) in [5.41, 5.74) is 1.31. The van der Waals surface area contributed by atoms with E-state index in [1.807, 2.05) is 45.0 Å². The number of carbonyl (C=O) groups is 1. The van der Waals surface area contributed by atoms with Crippen LogP contribution in [-0.4, -0.2) is 41.4 Å². The highest BCUT2D eigenvalue weighted by atomic mass is 16.6. The summed E-state index contributed by atoms with van der Waals surface area (Å²) >= 11 is 0. The van der Waals surface area contributed by atoms with E-state index in [4.69, 9.17) is 9.47 Å². The second kappa shape index (κ2) is 6.45. The first kappa shape index (κ1) is 15.8. The molecule has 1 aliphatic heterocycles. The highest BCUT2D eigenvalue weighted by molar-refractivity contribution is 5.68. The van der Waals surface area contributed by atoms with Crippen molar-refractivity contribution in [1.29, 1.82) is 0 Å². The Morgan fingerprint density at radius 1 is 1.48 bits per heavy atom. The van der Waals surface area contributed by atoms with Gasteiger partial charge in [0, 0.05) is 6.54 Å². The summed E-state index contributed by atoms with van der Waals surface area (Å²) in [5.74, 6) is 0. The fourth-order valence-corrected chi connectivity index (χ4v) is 2.23. The number of aliphatic hydroxyl groups excluding tert-OH is 1. The van der Waals surface area contributed by atoms with Gasteiger partial charge in [0.1, 0.15) is 11.7 Å².